The van der Waals surface area contributed by atoms with Crippen molar-refractivity contribution in [3.8, 4) is 0 Å². The van der Waals surface area contributed by atoms with Gasteiger partial charge in [-0.25, -0.2) is 4.79 Å². The Morgan fingerprint density at radius 2 is 2.05 bits per heavy atom. The van der Waals surface area contributed by atoms with Gasteiger partial charge in [-0.3, -0.25) is 4.79 Å². The molecule has 2 atom stereocenters. The van der Waals surface area contributed by atoms with Gasteiger partial charge < -0.3 is 20.8 Å². The van der Waals surface area contributed by atoms with Crippen LogP contribution in [-0.2, 0) is 22.6 Å². The van der Waals surface area contributed by atoms with Crippen molar-refractivity contribution in [1.82, 2.24) is 10.6 Å². The predicted octanol–water partition coefficient (Wildman–Crippen LogP) is -0.737. The van der Waals surface area contributed by atoms with E-state index in [9.17, 15) is 9.59 Å². The van der Waals surface area contributed by atoms with Crippen molar-refractivity contribution in [3.63, 3.8) is 0 Å². The fourth-order valence-electron chi connectivity index (χ4n) is 2.05. The third-order valence-corrected chi connectivity index (χ3v) is 3.15. The summed E-state index contributed by atoms with van der Waals surface area (Å²) in [5, 5.41) is 23.1. The van der Waals surface area contributed by atoms with Crippen LogP contribution in [-0.4, -0.2) is 40.8 Å². The molecule has 6 nitrogen and oxygen atoms in total. The molecular formula is C13H16N2O4. The van der Waals surface area contributed by atoms with Gasteiger partial charge in [0.1, 0.15) is 0 Å². The summed E-state index contributed by atoms with van der Waals surface area (Å²) in [7, 11) is 0. The summed E-state index contributed by atoms with van der Waals surface area (Å²) in [6.07, 6.45) is -1.01. The number of carboxylic acid groups (broad SMARTS) is 1. The molecular weight excluding hydrogens is 248 g/mol. The van der Waals surface area contributed by atoms with E-state index in [1.165, 1.54) is 0 Å². The van der Waals surface area contributed by atoms with E-state index in [0.717, 1.165) is 11.1 Å². The van der Waals surface area contributed by atoms with E-state index in [1.807, 2.05) is 24.3 Å². The second kappa shape index (κ2) is 5.81. The van der Waals surface area contributed by atoms with Gasteiger partial charge in [0.05, 0.1) is 12.6 Å². The number of carboxylic acids is 1. The quantitative estimate of drug-likeness (QED) is 0.574. The van der Waals surface area contributed by atoms with Crippen molar-refractivity contribution >= 4 is 11.9 Å². The van der Waals surface area contributed by atoms with Gasteiger partial charge in [0.2, 0.25) is 5.91 Å². The number of hydrogen-bond acceptors (Lipinski definition) is 4. The third-order valence-electron chi connectivity index (χ3n) is 3.15. The highest BCUT2D eigenvalue weighted by Crippen LogP contribution is 2.16. The molecule has 0 bridgehead atoms. The summed E-state index contributed by atoms with van der Waals surface area (Å²) in [4.78, 5) is 22.3. The van der Waals surface area contributed by atoms with Crippen LogP contribution >= 0.6 is 0 Å². The van der Waals surface area contributed by atoms with Gasteiger partial charge in [-0.1, -0.05) is 24.3 Å². The number of hydrogen-bond donors (Lipinski definition) is 4. The summed E-state index contributed by atoms with van der Waals surface area (Å²) in [5.74, 6) is -1.64. The summed E-state index contributed by atoms with van der Waals surface area (Å²) in [6, 6.07) is 7.46. The third kappa shape index (κ3) is 3.30. The number of fused-ring (bicyclic) bond motifs is 1. The molecule has 0 aromatic heterocycles. The van der Waals surface area contributed by atoms with Crippen LogP contribution < -0.4 is 10.6 Å². The summed E-state index contributed by atoms with van der Waals surface area (Å²) < 4.78 is 0. The van der Waals surface area contributed by atoms with E-state index >= 15 is 0 Å². The van der Waals surface area contributed by atoms with Crippen LogP contribution in [0.4, 0.5) is 0 Å². The molecule has 0 saturated carbocycles. The molecule has 0 spiro atoms. The van der Waals surface area contributed by atoms with E-state index in [2.05, 4.69) is 10.6 Å². The van der Waals surface area contributed by atoms with Crippen LogP contribution in [0.1, 0.15) is 11.1 Å². The van der Waals surface area contributed by atoms with E-state index in [-0.39, 0.29) is 12.5 Å². The minimum Gasteiger partial charge on any atom is -0.479 e. The Labute approximate surface area is 110 Å². The monoisotopic (exact) mass is 264 g/mol. The van der Waals surface area contributed by atoms with Gasteiger partial charge in [-0.2, -0.15) is 0 Å². The first-order valence-electron chi connectivity index (χ1n) is 6.06. The predicted molar refractivity (Wildman–Crippen MR) is 67.4 cm³/mol. The lowest BCUT2D eigenvalue weighted by molar-refractivity contribution is -0.146. The van der Waals surface area contributed by atoms with E-state index in [4.69, 9.17) is 10.2 Å². The molecule has 1 heterocycles. The zero-order valence-corrected chi connectivity index (χ0v) is 10.3. The molecule has 4 N–H and O–H groups in total. The number of benzene rings is 1. The molecule has 1 aromatic rings. The van der Waals surface area contributed by atoms with Gasteiger partial charge in [0.25, 0.3) is 0 Å². The molecule has 0 fully saturated rings. The van der Waals surface area contributed by atoms with Crippen molar-refractivity contribution in [1.29, 1.82) is 0 Å². The van der Waals surface area contributed by atoms with Crippen LogP contribution in [0, 0.1) is 0 Å². The molecule has 1 aromatic carbocycles. The van der Waals surface area contributed by atoms with Gasteiger partial charge in [0.15, 0.2) is 6.10 Å². The highest BCUT2D eigenvalue weighted by atomic mass is 16.4. The Kier molecular flexibility index (Phi) is 4.13. The standard InChI is InChI=1S/C13H16N2O4/c16-11(13(18)19)7-15-12(17)10-5-8-3-1-2-4-9(8)6-14-10/h1-4,10-11,14,16H,5-7H2,(H,15,17)(H,18,19)/t10-,11?/m0/s1. The zero-order chi connectivity index (χ0) is 13.8. The lowest BCUT2D eigenvalue weighted by atomic mass is 9.95. The normalized spacial score (nSPS) is 19.3. The average Bonchev–Trinajstić information content (AvgIpc) is 2.43. The minimum atomic E-state index is -1.57. The first-order chi connectivity index (χ1) is 9.08. The molecule has 1 aliphatic rings. The molecule has 19 heavy (non-hydrogen) atoms. The summed E-state index contributed by atoms with van der Waals surface area (Å²) in [6.45, 7) is 0.323. The first-order valence-corrected chi connectivity index (χ1v) is 6.06. The second-order valence-corrected chi connectivity index (χ2v) is 4.51. The van der Waals surface area contributed by atoms with Crippen molar-refractivity contribution in [3.05, 3.63) is 35.4 Å². The number of carbonyl (C=O) groups excluding carboxylic acids is 1. The Morgan fingerprint density at radius 3 is 2.74 bits per heavy atom. The van der Waals surface area contributed by atoms with Crippen LogP contribution in [0.2, 0.25) is 0 Å². The SMILES string of the molecule is O=C(O)C(O)CNC(=O)[C@@H]1Cc2ccccc2CN1. The molecule has 0 saturated heterocycles. The average molecular weight is 264 g/mol. The lowest BCUT2D eigenvalue weighted by Crippen LogP contribution is -2.49. The minimum absolute atomic E-state index is 0.284. The highest BCUT2D eigenvalue weighted by molar-refractivity contribution is 5.83. The molecule has 1 amide bonds. The zero-order valence-electron chi connectivity index (χ0n) is 10.3. The molecule has 1 unspecified atom stereocenters. The maximum Gasteiger partial charge on any atom is 0.334 e. The van der Waals surface area contributed by atoms with Gasteiger partial charge >= 0.3 is 5.97 Å². The second-order valence-electron chi connectivity index (χ2n) is 4.51. The fraction of sp³-hybridized carbons (Fsp3) is 0.385. The van der Waals surface area contributed by atoms with Crippen molar-refractivity contribution < 1.29 is 19.8 Å². The molecule has 1 aliphatic heterocycles. The fourth-order valence-corrected chi connectivity index (χ4v) is 2.05. The number of aliphatic hydroxyl groups excluding tert-OH is 1. The topological polar surface area (TPSA) is 98.7 Å². The number of nitrogens with one attached hydrogen (secondary N) is 2. The van der Waals surface area contributed by atoms with Crippen LogP contribution in [0.25, 0.3) is 0 Å². The van der Waals surface area contributed by atoms with Crippen molar-refractivity contribution in [2.24, 2.45) is 0 Å². The van der Waals surface area contributed by atoms with Crippen molar-refractivity contribution in [2.75, 3.05) is 6.54 Å². The highest BCUT2D eigenvalue weighted by Gasteiger charge is 2.24. The number of rotatable bonds is 4. The molecule has 0 radical (unpaired) electrons. The number of aliphatic hydroxyl groups is 1. The van der Waals surface area contributed by atoms with Gasteiger partial charge in [0, 0.05) is 6.54 Å². The maximum atomic E-state index is 11.9. The van der Waals surface area contributed by atoms with Gasteiger partial charge in [-0.05, 0) is 17.5 Å². The van der Waals surface area contributed by atoms with E-state index < -0.39 is 18.1 Å². The van der Waals surface area contributed by atoms with Crippen molar-refractivity contribution in [2.45, 2.75) is 25.1 Å². The first kappa shape index (κ1) is 13.5. The largest absolute Gasteiger partial charge is 0.479 e. The summed E-state index contributed by atoms with van der Waals surface area (Å²) in [5.41, 5.74) is 2.28. The van der Waals surface area contributed by atoms with Crippen LogP contribution in [0.5, 0.6) is 0 Å². The Hall–Kier alpha value is -1.92. The van der Waals surface area contributed by atoms with Crippen LogP contribution in [0.15, 0.2) is 24.3 Å². The Morgan fingerprint density at radius 1 is 1.37 bits per heavy atom. The van der Waals surface area contributed by atoms with Crippen LogP contribution in [0.3, 0.4) is 0 Å². The molecule has 0 aliphatic carbocycles. The molecule has 6 heteroatoms. The number of aliphatic carboxylic acids is 1. The Bertz CT molecular complexity index is 489. The number of amides is 1. The maximum absolute atomic E-state index is 11.9. The smallest absolute Gasteiger partial charge is 0.334 e. The molecule has 102 valence electrons. The van der Waals surface area contributed by atoms with Gasteiger partial charge in [-0.15, -0.1) is 0 Å². The lowest BCUT2D eigenvalue weighted by Gasteiger charge is -2.25. The Balaban J connectivity index is 1.90. The van der Waals surface area contributed by atoms with E-state index in [1.54, 1.807) is 0 Å². The number of carbonyl (C=O) groups is 2. The summed E-state index contributed by atoms with van der Waals surface area (Å²) >= 11 is 0. The molecule has 2 rings (SSSR count). The van der Waals surface area contributed by atoms with E-state index in [0.29, 0.717) is 13.0 Å².